The van der Waals surface area contributed by atoms with Crippen molar-refractivity contribution < 1.29 is 9.90 Å². The van der Waals surface area contributed by atoms with Crippen molar-refractivity contribution in [3.05, 3.63) is 0 Å². The van der Waals surface area contributed by atoms with Crippen molar-refractivity contribution in [3.63, 3.8) is 0 Å². The normalized spacial score (nSPS) is 5.29. The fraction of sp³-hybridized carbons (Fsp3) is 0.500. The van der Waals surface area contributed by atoms with Gasteiger partial charge < -0.3 is 5.11 Å². The van der Waals surface area contributed by atoms with Crippen LogP contribution in [0.5, 0.6) is 0 Å². The van der Waals surface area contributed by atoms with Gasteiger partial charge in [0.2, 0.25) is 0 Å². The molecule has 0 unspecified atom stereocenters. The van der Waals surface area contributed by atoms with E-state index in [2.05, 4.69) is 12.6 Å². The molecular formula is C2H6IKO2S. The summed E-state index contributed by atoms with van der Waals surface area (Å²) in [7, 11) is 0. The van der Waals surface area contributed by atoms with Crippen LogP contribution in [0.3, 0.4) is 0 Å². The molecule has 0 aromatic heterocycles. The summed E-state index contributed by atoms with van der Waals surface area (Å²) >= 11 is 3.42. The first-order valence-electron chi connectivity index (χ1n) is 1.10. The summed E-state index contributed by atoms with van der Waals surface area (Å²) in [6, 6.07) is 0. The zero-order valence-electron chi connectivity index (χ0n) is 2.92. The zero-order chi connectivity index (χ0) is 4.28. The van der Waals surface area contributed by atoms with Crippen LogP contribution in [0.2, 0.25) is 0 Å². The standard InChI is InChI=1S/C2H4O2S.HI.K.H/c3-2(4)1-5;;;/h5H,1H2,(H,3,4);1H;;. The number of carboxylic acids is 1. The Labute approximate surface area is 107 Å². The fourth-order valence-electron chi connectivity index (χ4n) is 0. The third-order valence-corrected chi connectivity index (χ3v) is 0.406. The van der Waals surface area contributed by atoms with E-state index in [-0.39, 0.29) is 81.1 Å². The first kappa shape index (κ1) is 16.1. The van der Waals surface area contributed by atoms with Crippen LogP contribution < -0.4 is 0 Å². The molecule has 0 rings (SSSR count). The van der Waals surface area contributed by atoms with E-state index in [1.54, 1.807) is 0 Å². The van der Waals surface area contributed by atoms with Crippen molar-refractivity contribution in [1.29, 1.82) is 0 Å². The van der Waals surface area contributed by atoms with Crippen LogP contribution in [0, 0.1) is 0 Å². The van der Waals surface area contributed by atoms with Gasteiger partial charge in [-0.1, -0.05) is 0 Å². The molecular weight excluding hydrogens is 254 g/mol. The number of rotatable bonds is 1. The molecule has 0 aliphatic carbocycles. The summed E-state index contributed by atoms with van der Waals surface area (Å²) < 4.78 is 0. The molecule has 0 saturated heterocycles. The van der Waals surface area contributed by atoms with Gasteiger partial charge in [0.25, 0.3) is 0 Å². The minimum absolute atomic E-state index is 0. The summed E-state index contributed by atoms with van der Waals surface area (Å²) in [6.45, 7) is 0. The molecule has 0 fully saturated rings. The molecule has 0 radical (unpaired) electrons. The van der Waals surface area contributed by atoms with E-state index in [1.807, 2.05) is 0 Å². The quantitative estimate of drug-likeness (QED) is 0.395. The molecule has 0 amide bonds. The predicted molar refractivity (Wildman–Crippen MR) is 44.1 cm³/mol. The molecule has 0 aliphatic heterocycles. The molecule has 0 aromatic rings. The second-order valence-corrected chi connectivity index (χ2v) is 0.868. The van der Waals surface area contributed by atoms with E-state index in [1.165, 1.54) is 0 Å². The molecule has 7 heavy (non-hydrogen) atoms. The Hall–Kier alpha value is 2.19. The monoisotopic (exact) mass is 260 g/mol. The molecule has 0 bridgehead atoms. The summed E-state index contributed by atoms with van der Waals surface area (Å²) in [5.41, 5.74) is 0. The van der Waals surface area contributed by atoms with Crippen molar-refractivity contribution in [2.75, 3.05) is 5.75 Å². The second kappa shape index (κ2) is 11.0. The third-order valence-electron chi connectivity index (χ3n) is 0.135. The molecule has 0 aliphatic rings. The zero-order valence-corrected chi connectivity index (χ0v) is 6.14. The number of hydrogen-bond acceptors (Lipinski definition) is 2. The maximum atomic E-state index is 9.29. The van der Waals surface area contributed by atoms with Crippen molar-refractivity contribution >= 4 is 94.0 Å². The Kier molecular flexibility index (Phi) is 25.4. The Bertz CT molecular complexity index is 51.0. The van der Waals surface area contributed by atoms with Crippen molar-refractivity contribution in [3.8, 4) is 0 Å². The van der Waals surface area contributed by atoms with Crippen molar-refractivity contribution in [2.24, 2.45) is 0 Å². The van der Waals surface area contributed by atoms with E-state index in [0.717, 1.165) is 0 Å². The van der Waals surface area contributed by atoms with Crippen LogP contribution in [0.1, 0.15) is 0 Å². The first-order valence-corrected chi connectivity index (χ1v) is 1.73. The molecule has 2 nitrogen and oxygen atoms in total. The van der Waals surface area contributed by atoms with Gasteiger partial charge in [-0.2, -0.15) is 12.6 Å². The first-order chi connectivity index (χ1) is 2.27. The number of carboxylic acid groups (broad SMARTS) is 1. The van der Waals surface area contributed by atoms with Gasteiger partial charge in [0.15, 0.2) is 0 Å². The van der Waals surface area contributed by atoms with Crippen LogP contribution in [0.25, 0.3) is 0 Å². The summed E-state index contributed by atoms with van der Waals surface area (Å²) in [5.74, 6) is -0.965. The van der Waals surface area contributed by atoms with Gasteiger partial charge in [0.1, 0.15) is 0 Å². The number of aliphatic carboxylic acids is 1. The van der Waals surface area contributed by atoms with Gasteiger partial charge in [-0.05, 0) is 0 Å². The van der Waals surface area contributed by atoms with Gasteiger partial charge in [-0.15, -0.1) is 24.0 Å². The van der Waals surface area contributed by atoms with Crippen molar-refractivity contribution in [2.45, 2.75) is 0 Å². The van der Waals surface area contributed by atoms with Gasteiger partial charge in [0, 0.05) is 0 Å². The molecule has 0 atom stereocenters. The number of hydrogen-bond donors (Lipinski definition) is 2. The molecule has 1 N–H and O–H groups in total. The maximum absolute atomic E-state index is 9.29. The van der Waals surface area contributed by atoms with E-state index in [4.69, 9.17) is 5.11 Å². The summed E-state index contributed by atoms with van der Waals surface area (Å²) in [4.78, 5) is 9.29. The number of thiol groups is 1. The Morgan fingerprint density at radius 2 is 1.86 bits per heavy atom. The molecule has 0 aromatic carbocycles. The van der Waals surface area contributed by atoms with Crippen LogP contribution in [0.4, 0.5) is 0 Å². The number of carbonyl (C=O) groups is 1. The average Bonchev–Trinajstić information content (AvgIpc) is 1.38. The van der Waals surface area contributed by atoms with E-state index in [0.29, 0.717) is 0 Å². The van der Waals surface area contributed by atoms with Gasteiger partial charge >= 0.3 is 57.4 Å². The summed E-state index contributed by atoms with van der Waals surface area (Å²) in [5, 5.41) is 7.65. The number of halogens is 1. The minimum atomic E-state index is -0.881. The molecule has 5 heteroatoms. The fourth-order valence-corrected chi connectivity index (χ4v) is 0. The summed E-state index contributed by atoms with van der Waals surface area (Å²) in [6.07, 6.45) is 0. The molecule has 0 heterocycles. The van der Waals surface area contributed by atoms with Gasteiger partial charge in [-0.3, -0.25) is 4.79 Å². The Morgan fingerprint density at radius 1 is 1.71 bits per heavy atom. The van der Waals surface area contributed by atoms with Crippen LogP contribution in [-0.2, 0) is 4.79 Å². The molecule has 0 saturated carbocycles. The Morgan fingerprint density at radius 3 is 1.86 bits per heavy atom. The topological polar surface area (TPSA) is 37.3 Å². The predicted octanol–water partition coefficient (Wildman–Crippen LogP) is -0.0297. The van der Waals surface area contributed by atoms with Crippen LogP contribution in [0.15, 0.2) is 0 Å². The Balaban J connectivity index is -0.0000000800. The van der Waals surface area contributed by atoms with E-state index < -0.39 is 5.97 Å². The molecule has 0 spiro atoms. The third kappa shape index (κ3) is 17.9. The average molecular weight is 260 g/mol. The van der Waals surface area contributed by atoms with E-state index in [9.17, 15) is 4.79 Å². The van der Waals surface area contributed by atoms with Crippen LogP contribution in [-0.4, -0.2) is 68.2 Å². The van der Waals surface area contributed by atoms with E-state index >= 15 is 0 Å². The van der Waals surface area contributed by atoms with Crippen molar-refractivity contribution in [1.82, 2.24) is 0 Å². The van der Waals surface area contributed by atoms with Crippen LogP contribution >= 0.6 is 36.6 Å². The second-order valence-electron chi connectivity index (χ2n) is 0.552. The van der Waals surface area contributed by atoms with Gasteiger partial charge in [0.05, 0.1) is 5.75 Å². The SMILES string of the molecule is I.O=C(O)CS.[KH]. The molecule has 40 valence electrons. The van der Waals surface area contributed by atoms with Gasteiger partial charge in [-0.25, -0.2) is 0 Å².